The molecule has 2 aromatic rings. The molecule has 0 spiro atoms. The number of benzene rings is 1. The molecule has 25 heavy (non-hydrogen) atoms. The third kappa shape index (κ3) is 5.49. The lowest BCUT2D eigenvalue weighted by Gasteiger charge is -2.14. The van der Waals surface area contributed by atoms with Crippen molar-refractivity contribution in [3.8, 4) is 0 Å². The molecule has 0 saturated heterocycles. The van der Waals surface area contributed by atoms with Gasteiger partial charge in [0.15, 0.2) is 0 Å². The summed E-state index contributed by atoms with van der Waals surface area (Å²) in [7, 11) is 0. The second kappa shape index (κ2) is 8.68. The molecule has 0 atom stereocenters. The molecule has 4 N–H and O–H groups in total. The highest BCUT2D eigenvalue weighted by molar-refractivity contribution is 6.07. The molecule has 0 radical (unpaired) electrons. The minimum Gasteiger partial charge on any atom is -0.367 e. The van der Waals surface area contributed by atoms with Crippen molar-refractivity contribution < 1.29 is 9.59 Å². The van der Waals surface area contributed by atoms with E-state index in [1.165, 1.54) is 0 Å². The maximum absolute atomic E-state index is 12.6. The Labute approximate surface area is 147 Å². The van der Waals surface area contributed by atoms with Gasteiger partial charge in [0.2, 0.25) is 0 Å². The Hall–Kier alpha value is -3.09. The van der Waals surface area contributed by atoms with Crippen LogP contribution in [0.5, 0.6) is 0 Å². The van der Waals surface area contributed by atoms with Crippen molar-refractivity contribution in [3.63, 3.8) is 0 Å². The first kappa shape index (κ1) is 18.3. The van der Waals surface area contributed by atoms with Crippen molar-refractivity contribution in [2.45, 2.75) is 26.8 Å². The second-order valence-electron chi connectivity index (χ2n) is 5.72. The van der Waals surface area contributed by atoms with Gasteiger partial charge in [0.1, 0.15) is 5.82 Å². The number of nitrogens with zero attached hydrogens (tertiary/aromatic N) is 1. The smallest absolute Gasteiger partial charge is 0.319 e. The van der Waals surface area contributed by atoms with Crippen molar-refractivity contribution in [1.29, 1.82) is 0 Å². The van der Waals surface area contributed by atoms with Crippen LogP contribution in [-0.2, 0) is 0 Å². The molecule has 0 aliphatic heterocycles. The topological polar surface area (TPSA) is 95.2 Å². The fourth-order valence-electron chi connectivity index (χ4n) is 2.19. The van der Waals surface area contributed by atoms with E-state index in [0.29, 0.717) is 29.3 Å². The molecule has 3 amide bonds. The minimum atomic E-state index is -0.290. The van der Waals surface area contributed by atoms with Crippen molar-refractivity contribution in [1.82, 2.24) is 10.3 Å². The molecule has 1 heterocycles. The lowest BCUT2D eigenvalue weighted by atomic mass is 10.2. The predicted octanol–water partition coefficient (Wildman–Crippen LogP) is 3.30. The third-order valence-electron chi connectivity index (χ3n) is 3.19. The molecule has 7 nitrogen and oxygen atoms in total. The highest BCUT2D eigenvalue weighted by Crippen LogP contribution is 2.18. The van der Waals surface area contributed by atoms with Crippen LogP contribution >= 0.6 is 0 Å². The Morgan fingerprint density at radius 1 is 1.08 bits per heavy atom. The molecule has 0 aliphatic rings. The van der Waals surface area contributed by atoms with Gasteiger partial charge in [-0.3, -0.25) is 4.79 Å². The maximum Gasteiger partial charge on any atom is 0.319 e. The Morgan fingerprint density at radius 3 is 2.48 bits per heavy atom. The van der Waals surface area contributed by atoms with Crippen LogP contribution < -0.4 is 21.3 Å². The number of rotatable bonds is 6. The first-order chi connectivity index (χ1) is 12.0. The zero-order valence-electron chi connectivity index (χ0n) is 14.6. The van der Waals surface area contributed by atoms with Crippen LogP contribution in [0.4, 0.5) is 22.0 Å². The van der Waals surface area contributed by atoms with E-state index >= 15 is 0 Å². The first-order valence-corrected chi connectivity index (χ1v) is 8.17. The summed E-state index contributed by atoms with van der Waals surface area (Å²) in [6.45, 7) is 6.33. The van der Waals surface area contributed by atoms with Crippen LogP contribution in [-0.4, -0.2) is 29.5 Å². The number of aromatic nitrogens is 1. The van der Waals surface area contributed by atoms with Gasteiger partial charge in [0, 0.05) is 30.2 Å². The molecular weight excluding hydrogens is 318 g/mol. The van der Waals surface area contributed by atoms with Gasteiger partial charge in [-0.2, -0.15) is 0 Å². The van der Waals surface area contributed by atoms with E-state index in [4.69, 9.17) is 0 Å². The van der Waals surface area contributed by atoms with Gasteiger partial charge in [-0.25, -0.2) is 9.78 Å². The summed E-state index contributed by atoms with van der Waals surface area (Å²) in [4.78, 5) is 28.4. The van der Waals surface area contributed by atoms with Crippen molar-refractivity contribution >= 4 is 29.1 Å². The first-order valence-electron chi connectivity index (χ1n) is 8.17. The van der Waals surface area contributed by atoms with E-state index in [0.717, 1.165) is 0 Å². The molecule has 1 aromatic carbocycles. The van der Waals surface area contributed by atoms with Crippen molar-refractivity contribution in [3.05, 3.63) is 48.2 Å². The van der Waals surface area contributed by atoms with Crippen LogP contribution in [0.15, 0.2) is 42.6 Å². The molecule has 1 aromatic heterocycles. The van der Waals surface area contributed by atoms with E-state index in [-0.39, 0.29) is 18.0 Å². The van der Waals surface area contributed by atoms with Gasteiger partial charge in [0.05, 0.1) is 5.56 Å². The Kier molecular flexibility index (Phi) is 6.33. The summed E-state index contributed by atoms with van der Waals surface area (Å²) in [5, 5.41) is 11.3. The summed E-state index contributed by atoms with van der Waals surface area (Å²) in [6, 6.07) is 10.3. The SMILES string of the molecule is CCNC(=O)Nc1cccc(NC(=O)c2cccnc2NC(C)C)c1. The van der Waals surface area contributed by atoms with Gasteiger partial charge in [-0.05, 0) is 51.1 Å². The van der Waals surface area contributed by atoms with Gasteiger partial charge < -0.3 is 21.3 Å². The Morgan fingerprint density at radius 2 is 1.80 bits per heavy atom. The van der Waals surface area contributed by atoms with Crippen molar-refractivity contribution in [2.24, 2.45) is 0 Å². The molecule has 7 heteroatoms. The van der Waals surface area contributed by atoms with Crippen LogP contribution in [0, 0.1) is 0 Å². The van der Waals surface area contributed by atoms with Crippen molar-refractivity contribution in [2.75, 3.05) is 22.5 Å². The van der Waals surface area contributed by atoms with Crippen LogP contribution in [0.1, 0.15) is 31.1 Å². The van der Waals surface area contributed by atoms with E-state index in [1.54, 1.807) is 42.6 Å². The molecule has 2 rings (SSSR count). The normalized spacial score (nSPS) is 10.2. The van der Waals surface area contributed by atoms with Crippen LogP contribution in [0.2, 0.25) is 0 Å². The van der Waals surface area contributed by atoms with Gasteiger partial charge in [-0.15, -0.1) is 0 Å². The zero-order chi connectivity index (χ0) is 18.2. The molecular formula is C18H23N5O2. The zero-order valence-corrected chi connectivity index (χ0v) is 14.6. The molecule has 0 aliphatic carbocycles. The maximum atomic E-state index is 12.6. The summed E-state index contributed by atoms with van der Waals surface area (Å²) in [6.07, 6.45) is 1.64. The van der Waals surface area contributed by atoms with E-state index < -0.39 is 0 Å². The number of hydrogen-bond acceptors (Lipinski definition) is 4. The Balaban J connectivity index is 2.12. The highest BCUT2D eigenvalue weighted by Gasteiger charge is 2.13. The summed E-state index contributed by atoms with van der Waals surface area (Å²) < 4.78 is 0. The van der Waals surface area contributed by atoms with Gasteiger partial charge >= 0.3 is 6.03 Å². The molecule has 0 fully saturated rings. The largest absolute Gasteiger partial charge is 0.367 e. The monoisotopic (exact) mass is 341 g/mol. The van der Waals surface area contributed by atoms with E-state index in [2.05, 4.69) is 26.3 Å². The van der Waals surface area contributed by atoms with Gasteiger partial charge in [-0.1, -0.05) is 6.07 Å². The van der Waals surface area contributed by atoms with Crippen LogP contribution in [0.3, 0.4) is 0 Å². The number of hydrogen-bond donors (Lipinski definition) is 4. The molecule has 0 saturated carbocycles. The summed E-state index contributed by atoms with van der Waals surface area (Å²) in [5.41, 5.74) is 1.63. The highest BCUT2D eigenvalue weighted by atomic mass is 16.2. The summed E-state index contributed by atoms with van der Waals surface area (Å²) in [5.74, 6) is 0.262. The second-order valence-corrected chi connectivity index (χ2v) is 5.72. The number of anilines is 3. The molecule has 132 valence electrons. The predicted molar refractivity (Wildman–Crippen MR) is 100 cm³/mol. The quantitative estimate of drug-likeness (QED) is 0.648. The fourth-order valence-corrected chi connectivity index (χ4v) is 2.19. The fraction of sp³-hybridized carbons (Fsp3) is 0.278. The number of urea groups is 1. The lowest BCUT2D eigenvalue weighted by molar-refractivity contribution is 0.102. The number of pyridine rings is 1. The van der Waals surface area contributed by atoms with E-state index in [1.807, 2.05) is 20.8 Å². The van der Waals surface area contributed by atoms with Crippen LogP contribution in [0.25, 0.3) is 0 Å². The van der Waals surface area contributed by atoms with Gasteiger partial charge in [0.25, 0.3) is 5.91 Å². The number of carbonyl (C=O) groups is 2. The third-order valence-corrected chi connectivity index (χ3v) is 3.19. The average molecular weight is 341 g/mol. The average Bonchev–Trinajstić information content (AvgIpc) is 2.55. The Bertz CT molecular complexity index is 746. The lowest BCUT2D eigenvalue weighted by Crippen LogP contribution is -2.28. The summed E-state index contributed by atoms with van der Waals surface area (Å²) >= 11 is 0. The van der Waals surface area contributed by atoms with E-state index in [9.17, 15) is 9.59 Å². The number of amides is 3. The minimum absolute atomic E-state index is 0.158. The number of nitrogens with one attached hydrogen (secondary N) is 4. The molecule has 0 bridgehead atoms. The number of carbonyl (C=O) groups excluding carboxylic acids is 2. The molecule has 0 unspecified atom stereocenters. The standard InChI is InChI=1S/C18H23N5O2/c1-4-19-18(25)23-14-8-5-7-13(11-14)22-17(24)15-9-6-10-20-16(15)21-12(2)3/h5-12H,4H2,1-3H3,(H,20,21)(H,22,24)(H2,19,23,25).